The number of piperidine rings is 1. The van der Waals surface area contributed by atoms with Crippen LogP contribution in [0, 0.1) is 0 Å². The van der Waals surface area contributed by atoms with Crippen molar-refractivity contribution >= 4 is 6.03 Å². The van der Waals surface area contributed by atoms with Crippen molar-refractivity contribution in [1.82, 2.24) is 25.4 Å². The highest BCUT2D eigenvalue weighted by Gasteiger charge is 2.22. The minimum absolute atomic E-state index is 0.0274. The molecule has 6 heteroatoms. The lowest BCUT2D eigenvalue weighted by Crippen LogP contribution is -2.49. The minimum Gasteiger partial charge on any atom is -0.335 e. The second-order valence-electron chi connectivity index (χ2n) is 7.71. The first-order valence-electron chi connectivity index (χ1n) is 9.99. The molecule has 1 fully saturated rings. The average molecular weight is 382 g/mol. The summed E-state index contributed by atoms with van der Waals surface area (Å²) < 4.78 is 0. The fraction of sp³-hybridized carbons (Fsp3) is 0.455. The molecule has 2 aromatic rings. The van der Waals surface area contributed by atoms with E-state index in [4.69, 9.17) is 0 Å². The number of likely N-dealkylation sites (tertiary alicyclic amines) is 1. The molecule has 28 heavy (non-hydrogen) atoms. The third-order valence-corrected chi connectivity index (χ3v) is 5.09. The molecule has 0 saturated carbocycles. The Bertz CT molecular complexity index is 714. The van der Waals surface area contributed by atoms with Crippen LogP contribution in [0.2, 0.25) is 0 Å². The quantitative estimate of drug-likeness (QED) is 0.774. The van der Waals surface area contributed by atoms with Gasteiger partial charge >= 0.3 is 6.03 Å². The Balaban J connectivity index is 1.46. The van der Waals surface area contributed by atoms with Crippen molar-refractivity contribution in [2.75, 3.05) is 33.7 Å². The van der Waals surface area contributed by atoms with E-state index in [0.717, 1.165) is 50.3 Å². The number of likely N-dealkylation sites (N-methyl/N-ethyl adjacent to an activating group) is 1. The van der Waals surface area contributed by atoms with Crippen LogP contribution in [0.25, 0.3) is 0 Å². The maximum absolute atomic E-state index is 12.6. The molecule has 1 saturated heterocycles. The van der Waals surface area contributed by atoms with Crippen molar-refractivity contribution in [3.05, 3.63) is 66.0 Å². The third kappa shape index (κ3) is 6.32. The van der Waals surface area contributed by atoms with Gasteiger partial charge in [0.1, 0.15) is 0 Å². The molecule has 3 rings (SSSR count). The van der Waals surface area contributed by atoms with E-state index >= 15 is 0 Å². The summed E-state index contributed by atoms with van der Waals surface area (Å²) in [5.74, 6) is 0. The number of nitrogens with zero attached hydrogens (tertiary/aromatic N) is 3. The lowest BCUT2D eigenvalue weighted by Gasteiger charge is -2.32. The first kappa shape index (κ1) is 20.3. The van der Waals surface area contributed by atoms with Gasteiger partial charge in [0.25, 0.3) is 0 Å². The first-order valence-corrected chi connectivity index (χ1v) is 9.99. The van der Waals surface area contributed by atoms with Gasteiger partial charge < -0.3 is 15.5 Å². The molecule has 0 radical (unpaired) electrons. The van der Waals surface area contributed by atoms with Crippen LogP contribution in [-0.4, -0.2) is 60.6 Å². The number of rotatable bonds is 7. The Morgan fingerprint density at radius 1 is 1.14 bits per heavy atom. The molecule has 1 unspecified atom stereocenters. The maximum atomic E-state index is 12.6. The van der Waals surface area contributed by atoms with Crippen molar-refractivity contribution < 1.29 is 4.79 Å². The largest absolute Gasteiger partial charge is 0.335 e. The number of pyridine rings is 1. The lowest BCUT2D eigenvalue weighted by molar-refractivity contribution is 0.183. The van der Waals surface area contributed by atoms with Gasteiger partial charge in [-0.3, -0.25) is 9.88 Å². The monoisotopic (exact) mass is 381 g/mol. The number of aromatic nitrogens is 1. The van der Waals surface area contributed by atoms with Crippen molar-refractivity contribution in [3.63, 3.8) is 0 Å². The summed E-state index contributed by atoms with van der Waals surface area (Å²) in [5.41, 5.74) is 2.22. The molecule has 0 spiro atoms. The summed E-state index contributed by atoms with van der Waals surface area (Å²) in [5, 5.41) is 6.31. The predicted octanol–water partition coefficient (Wildman–Crippen LogP) is 2.65. The van der Waals surface area contributed by atoms with Crippen LogP contribution in [0.4, 0.5) is 4.79 Å². The maximum Gasteiger partial charge on any atom is 0.315 e. The Labute approximate surface area is 167 Å². The molecule has 2 amide bonds. The summed E-state index contributed by atoms with van der Waals surface area (Å²) in [6, 6.07) is 16.3. The van der Waals surface area contributed by atoms with Gasteiger partial charge in [-0.15, -0.1) is 0 Å². The Kier molecular flexibility index (Phi) is 7.39. The van der Waals surface area contributed by atoms with Crippen LogP contribution >= 0.6 is 0 Å². The van der Waals surface area contributed by atoms with E-state index in [2.05, 4.69) is 43.6 Å². The highest BCUT2D eigenvalue weighted by Crippen LogP contribution is 2.15. The van der Waals surface area contributed by atoms with E-state index in [9.17, 15) is 4.79 Å². The van der Waals surface area contributed by atoms with Crippen LogP contribution in [0.15, 0.2) is 54.7 Å². The van der Waals surface area contributed by atoms with Crippen molar-refractivity contribution in [3.8, 4) is 0 Å². The zero-order valence-electron chi connectivity index (χ0n) is 16.8. The highest BCUT2D eigenvalue weighted by molar-refractivity contribution is 5.74. The van der Waals surface area contributed by atoms with Gasteiger partial charge in [0.05, 0.1) is 11.7 Å². The van der Waals surface area contributed by atoms with Crippen LogP contribution in [0.5, 0.6) is 0 Å². The highest BCUT2D eigenvalue weighted by atomic mass is 16.2. The Morgan fingerprint density at radius 2 is 1.86 bits per heavy atom. The van der Waals surface area contributed by atoms with Gasteiger partial charge in [-0.05, 0) is 44.6 Å². The van der Waals surface area contributed by atoms with E-state index in [0.29, 0.717) is 0 Å². The zero-order valence-corrected chi connectivity index (χ0v) is 16.8. The summed E-state index contributed by atoms with van der Waals surface area (Å²) in [6.07, 6.45) is 3.76. The summed E-state index contributed by atoms with van der Waals surface area (Å²) in [6.45, 7) is 3.58. The number of hydrogen-bond acceptors (Lipinski definition) is 4. The molecule has 0 aliphatic carbocycles. The van der Waals surface area contributed by atoms with Crippen LogP contribution in [0.3, 0.4) is 0 Å². The Hall–Kier alpha value is -2.44. The molecule has 2 N–H and O–H groups in total. The zero-order chi connectivity index (χ0) is 19.8. The SMILES string of the molecule is CN(C)CC(NC(=O)NC1CCN(Cc2ccccn2)CC1)c1ccccc1. The minimum atomic E-state index is -0.0844. The number of carbonyl (C=O) groups is 1. The van der Waals surface area contributed by atoms with Crippen molar-refractivity contribution in [1.29, 1.82) is 0 Å². The van der Waals surface area contributed by atoms with Gasteiger partial charge in [0, 0.05) is 38.4 Å². The van der Waals surface area contributed by atoms with Gasteiger partial charge in [-0.25, -0.2) is 4.79 Å². The normalized spacial score (nSPS) is 16.7. The number of nitrogens with one attached hydrogen (secondary N) is 2. The van der Waals surface area contributed by atoms with E-state index < -0.39 is 0 Å². The van der Waals surface area contributed by atoms with Crippen LogP contribution < -0.4 is 10.6 Å². The van der Waals surface area contributed by atoms with Gasteiger partial charge in [-0.1, -0.05) is 36.4 Å². The Morgan fingerprint density at radius 3 is 2.50 bits per heavy atom. The molecule has 0 bridgehead atoms. The van der Waals surface area contributed by atoms with E-state index in [-0.39, 0.29) is 18.1 Å². The van der Waals surface area contributed by atoms with E-state index in [1.54, 1.807) is 0 Å². The second kappa shape index (κ2) is 10.2. The molecule has 1 aliphatic heterocycles. The number of amides is 2. The second-order valence-corrected chi connectivity index (χ2v) is 7.71. The molecule has 150 valence electrons. The molecule has 1 aromatic heterocycles. The molecule has 1 aromatic carbocycles. The number of urea groups is 1. The number of carbonyl (C=O) groups excluding carboxylic acids is 1. The topological polar surface area (TPSA) is 60.5 Å². The number of benzene rings is 1. The molecule has 6 nitrogen and oxygen atoms in total. The van der Waals surface area contributed by atoms with Crippen LogP contribution in [0.1, 0.15) is 30.1 Å². The average Bonchev–Trinajstić information content (AvgIpc) is 2.70. The molecular weight excluding hydrogens is 350 g/mol. The molecular formula is C22H31N5O. The van der Waals surface area contributed by atoms with Gasteiger partial charge in [-0.2, -0.15) is 0 Å². The molecule has 2 heterocycles. The van der Waals surface area contributed by atoms with Crippen molar-refractivity contribution in [2.45, 2.75) is 31.5 Å². The van der Waals surface area contributed by atoms with Crippen molar-refractivity contribution in [2.24, 2.45) is 0 Å². The summed E-state index contributed by atoms with van der Waals surface area (Å²) in [4.78, 5) is 21.5. The standard InChI is InChI=1S/C22H31N5O/c1-26(2)17-21(18-8-4-3-5-9-18)25-22(28)24-19-11-14-27(15-12-19)16-20-10-6-7-13-23-20/h3-10,13,19,21H,11-12,14-17H2,1-2H3,(H2,24,25,28). The van der Waals surface area contributed by atoms with E-state index in [1.165, 1.54) is 0 Å². The summed E-state index contributed by atoms with van der Waals surface area (Å²) >= 11 is 0. The molecule has 1 atom stereocenters. The van der Waals surface area contributed by atoms with Gasteiger partial charge in [0.2, 0.25) is 0 Å². The first-order chi connectivity index (χ1) is 13.6. The lowest BCUT2D eigenvalue weighted by atomic mass is 10.0. The summed E-state index contributed by atoms with van der Waals surface area (Å²) in [7, 11) is 4.04. The smallest absolute Gasteiger partial charge is 0.315 e. The van der Waals surface area contributed by atoms with Crippen LogP contribution in [-0.2, 0) is 6.54 Å². The number of hydrogen-bond donors (Lipinski definition) is 2. The predicted molar refractivity (Wildman–Crippen MR) is 112 cm³/mol. The third-order valence-electron chi connectivity index (χ3n) is 5.09. The molecule has 1 aliphatic rings. The fourth-order valence-electron chi connectivity index (χ4n) is 3.63. The van der Waals surface area contributed by atoms with E-state index in [1.807, 2.05) is 50.6 Å². The van der Waals surface area contributed by atoms with Gasteiger partial charge in [0.15, 0.2) is 0 Å². The fourth-order valence-corrected chi connectivity index (χ4v) is 3.63.